The molecule has 0 spiro atoms. The molecule has 4 heavy (non-hydrogen) atoms. The first kappa shape index (κ1) is 127. The first-order chi connectivity index (χ1) is 0. The minimum atomic E-state index is 0. The topological polar surface area (TPSA) is 63.0 Å². The summed E-state index contributed by atoms with van der Waals surface area (Å²) >= 11 is 0. The zero-order valence-corrected chi connectivity index (χ0v) is 3.60. The van der Waals surface area contributed by atoms with Crippen molar-refractivity contribution in [2.24, 2.45) is 0 Å². The molecular formula is H5ClCoO2. The number of hydrogen-bond donors (Lipinski definition) is 0. The van der Waals surface area contributed by atoms with Crippen molar-refractivity contribution in [3.05, 3.63) is 0 Å². The van der Waals surface area contributed by atoms with Crippen LogP contribution in [0.15, 0.2) is 0 Å². The van der Waals surface area contributed by atoms with Crippen molar-refractivity contribution in [3.8, 4) is 0 Å². The van der Waals surface area contributed by atoms with Crippen LogP contribution in [-0.4, -0.2) is 11.0 Å². The van der Waals surface area contributed by atoms with E-state index in [4.69, 9.17) is 0 Å². The average molecular weight is 131 g/mol. The second-order valence-corrected chi connectivity index (χ2v) is 0. The molecule has 0 aromatic heterocycles. The SMILES string of the molecule is Cl.O.O.[Co]. The van der Waals surface area contributed by atoms with Gasteiger partial charge in [0.05, 0.1) is 0 Å². The number of halogens is 1. The summed E-state index contributed by atoms with van der Waals surface area (Å²) in [6.07, 6.45) is 0. The van der Waals surface area contributed by atoms with Crippen LogP contribution in [0.3, 0.4) is 0 Å². The summed E-state index contributed by atoms with van der Waals surface area (Å²) in [4.78, 5) is 0. The van der Waals surface area contributed by atoms with E-state index in [1.54, 1.807) is 0 Å². The average Bonchev–Trinajstić information content (AvgIpc) is 0. The summed E-state index contributed by atoms with van der Waals surface area (Å²) in [5, 5.41) is 0. The van der Waals surface area contributed by atoms with E-state index in [1.807, 2.05) is 0 Å². The zero-order chi connectivity index (χ0) is 0. The van der Waals surface area contributed by atoms with Gasteiger partial charge in [-0.3, -0.25) is 0 Å². The van der Waals surface area contributed by atoms with Gasteiger partial charge in [-0.15, -0.1) is 12.4 Å². The molecular weight excluding hydrogens is 126 g/mol. The second kappa shape index (κ2) is 53.4. The van der Waals surface area contributed by atoms with E-state index >= 15 is 0 Å². The summed E-state index contributed by atoms with van der Waals surface area (Å²) in [5.74, 6) is 0. The number of rotatable bonds is 0. The molecule has 0 aromatic rings. The molecule has 0 rings (SSSR count). The Balaban J connectivity index is 0. The molecule has 0 heterocycles. The van der Waals surface area contributed by atoms with Crippen molar-refractivity contribution in [1.29, 1.82) is 0 Å². The molecule has 0 fully saturated rings. The standard InChI is InChI=1S/ClH.Co.2H2O/h1H;;2*1H2. The maximum absolute atomic E-state index is 0. The fourth-order valence-electron chi connectivity index (χ4n) is 0. The molecule has 4 heteroatoms. The Morgan fingerprint density at radius 2 is 0.750 bits per heavy atom. The third-order valence-electron chi connectivity index (χ3n) is 0. The summed E-state index contributed by atoms with van der Waals surface area (Å²) in [5.41, 5.74) is 0. The van der Waals surface area contributed by atoms with Gasteiger partial charge in [-0.25, -0.2) is 0 Å². The fourth-order valence-corrected chi connectivity index (χ4v) is 0. The minimum Gasteiger partial charge on any atom is -0.412 e. The van der Waals surface area contributed by atoms with Crippen molar-refractivity contribution < 1.29 is 27.7 Å². The van der Waals surface area contributed by atoms with Gasteiger partial charge in [0.1, 0.15) is 0 Å². The van der Waals surface area contributed by atoms with E-state index < -0.39 is 0 Å². The van der Waals surface area contributed by atoms with Gasteiger partial charge in [-0.2, -0.15) is 0 Å². The van der Waals surface area contributed by atoms with E-state index in [-0.39, 0.29) is 40.1 Å². The predicted octanol–water partition coefficient (Wildman–Crippen LogP) is -1.23. The van der Waals surface area contributed by atoms with Crippen LogP contribution in [0.1, 0.15) is 0 Å². The van der Waals surface area contributed by atoms with E-state index in [2.05, 4.69) is 0 Å². The van der Waals surface area contributed by atoms with Gasteiger partial charge in [0.2, 0.25) is 0 Å². The molecule has 0 bridgehead atoms. The molecule has 2 nitrogen and oxygen atoms in total. The van der Waals surface area contributed by atoms with Crippen LogP contribution < -0.4 is 0 Å². The van der Waals surface area contributed by atoms with Gasteiger partial charge in [0, 0.05) is 16.8 Å². The van der Waals surface area contributed by atoms with Crippen molar-refractivity contribution in [2.75, 3.05) is 0 Å². The van der Waals surface area contributed by atoms with Crippen molar-refractivity contribution in [1.82, 2.24) is 0 Å². The van der Waals surface area contributed by atoms with E-state index in [0.29, 0.717) is 0 Å². The Morgan fingerprint density at radius 1 is 0.750 bits per heavy atom. The predicted molar refractivity (Wildman–Crippen MR) is 14.5 cm³/mol. The maximum atomic E-state index is 0. The van der Waals surface area contributed by atoms with Gasteiger partial charge < -0.3 is 11.0 Å². The van der Waals surface area contributed by atoms with Crippen LogP contribution in [0.25, 0.3) is 0 Å². The molecule has 0 unspecified atom stereocenters. The Bertz CT molecular complexity index is 6.00. The van der Waals surface area contributed by atoms with E-state index in [9.17, 15) is 0 Å². The Labute approximate surface area is 40.8 Å². The van der Waals surface area contributed by atoms with Gasteiger partial charge in [-0.1, -0.05) is 0 Å². The van der Waals surface area contributed by atoms with Crippen molar-refractivity contribution >= 4 is 12.4 Å². The first-order valence-electron chi connectivity index (χ1n) is 0. The zero-order valence-electron chi connectivity index (χ0n) is 1.74. The van der Waals surface area contributed by atoms with Gasteiger partial charge in [-0.05, 0) is 0 Å². The fraction of sp³-hybridized carbons (Fsp3) is 0. The summed E-state index contributed by atoms with van der Waals surface area (Å²) in [7, 11) is 0. The maximum Gasteiger partial charge on any atom is 0 e. The van der Waals surface area contributed by atoms with Crippen LogP contribution in [0, 0.1) is 0 Å². The summed E-state index contributed by atoms with van der Waals surface area (Å²) in [6, 6.07) is 0. The molecule has 4 N–H and O–H groups in total. The van der Waals surface area contributed by atoms with Crippen molar-refractivity contribution in [3.63, 3.8) is 0 Å². The molecule has 0 saturated heterocycles. The Hall–Kier alpha value is 0.716. The normalized spacial score (nSPS) is 0. The van der Waals surface area contributed by atoms with Crippen LogP contribution in [0.4, 0.5) is 0 Å². The van der Waals surface area contributed by atoms with Crippen molar-refractivity contribution in [2.45, 2.75) is 0 Å². The monoisotopic (exact) mass is 131 g/mol. The molecule has 1 radical (unpaired) electrons. The molecule has 0 aliphatic carbocycles. The molecule has 0 amide bonds. The minimum absolute atomic E-state index is 0. The summed E-state index contributed by atoms with van der Waals surface area (Å²) < 4.78 is 0. The van der Waals surface area contributed by atoms with E-state index in [0.717, 1.165) is 0 Å². The number of hydrogen-bond acceptors (Lipinski definition) is 0. The smallest absolute Gasteiger partial charge is 0 e. The summed E-state index contributed by atoms with van der Waals surface area (Å²) in [6.45, 7) is 0. The second-order valence-electron chi connectivity index (χ2n) is 0. The van der Waals surface area contributed by atoms with Crippen LogP contribution in [-0.2, 0) is 16.8 Å². The van der Waals surface area contributed by atoms with Crippen LogP contribution in [0.5, 0.6) is 0 Å². The largest absolute Gasteiger partial charge is 0.412 e. The van der Waals surface area contributed by atoms with Gasteiger partial charge >= 0.3 is 0 Å². The third kappa shape index (κ3) is 15.6. The first-order valence-corrected chi connectivity index (χ1v) is 0. The quantitative estimate of drug-likeness (QED) is 0.395. The molecule has 0 aliphatic rings. The molecule has 0 saturated carbocycles. The molecule has 0 aliphatic heterocycles. The molecule has 0 atom stereocenters. The Kier molecular flexibility index (Phi) is 1690. The Morgan fingerprint density at radius 3 is 0.750 bits per heavy atom. The third-order valence-corrected chi connectivity index (χ3v) is 0. The van der Waals surface area contributed by atoms with E-state index in [1.165, 1.54) is 0 Å². The van der Waals surface area contributed by atoms with Crippen LogP contribution >= 0.6 is 12.4 Å². The molecule has 33 valence electrons. The van der Waals surface area contributed by atoms with Crippen LogP contribution in [0.2, 0.25) is 0 Å². The van der Waals surface area contributed by atoms with Gasteiger partial charge in [0.25, 0.3) is 0 Å². The molecule has 0 aromatic carbocycles. The van der Waals surface area contributed by atoms with Gasteiger partial charge in [0.15, 0.2) is 0 Å².